The first kappa shape index (κ1) is 20.8. The van der Waals surface area contributed by atoms with E-state index < -0.39 is 0 Å². The average Bonchev–Trinajstić information content (AvgIpc) is 2.86. The van der Waals surface area contributed by atoms with Gasteiger partial charge < -0.3 is 0 Å². The van der Waals surface area contributed by atoms with Gasteiger partial charge >= 0.3 is 0 Å². The maximum absolute atomic E-state index is 3.70. The van der Waals surface area contributed by atoms with Crippen LogP contribution in [0.5, 0.6) is 0 Å². The van der Waals surface area contributed by atoms with Gasteiger partial charge in [0.2, 0.25) is 0 Å². The maximum atomic E-state index is 3.70. The second-order valence-electron chi connectivity index (χ2n) is 2.81. The Labute approximate surface area is 107 Å². The summed E-state index contributed by atoms with van der Waals surface area (Å²) in [5, 5.41) is 6.38. The number of aryl methyl sites for hydroxylation is 1. The summed E-state index contributed by atoms with van der Waals surface area (Å²) in [5.41, 5.74) is 2.50. The fourth-order valence-corrected chi connectivity index (χ4v) is 0.675. The Hall–Kier alpha value is -1.57. The minimum absolute atomic E-state index is 1.18. The number of allylic oxidation sites excluding steroid dienone is 4. The smallest absolute Gasteiger partial charge is 0.0516 e. The molecule has 0 amide bonds. The topological polar surface area (TPSA) is 28.7 Å². The number of nitrogens with zero attached hydrogens (tertiary/aromatic N) is 1. The fourth-order valence-electron chi connectivity index (χ4n) is 0.675. The molecule has 0 fully saturated rings. The first-order valence-corrected chi connectivity index (χ1v) is 5.91. The van der Waals surface area contributed by atoms with Gasteiger partial charge in [-0.3, -0.25) is 5.10 Å². The molecule has 1 N–H and O–H groups in total. The first-order valence-electron chi connectivity index (χ1n) is 5.91. The van der Waals surface area contributed by atoms with Crippen molar-refractivity contribution in [1.29, 1.82) is 0 Å². The number of aromatic amines is 1. The number of hydrogen-bond donors (Lipinski definition) is 1. The third kappa shape index (κ3) is 20.5. The normalized spacial score (nSPS) is 9.18. The highest BCUT2D eigenvalue weighted by atomic mass is 15.1. The number of rotatable bonds is 1. The zero-order valence-electron chi connectivity index (χ0n) is 12.2. The standard InChI is InChI=1S/C7H12.C4H6N2.C2H6.C2H4/c1-4-6-7(3)5-2;1-4-2-5-6-3-4;2*1-2/h4-6H,1-3H3;2-3H,1H3,(H,5,6);1-2H3;1-2H2/b6-4-,7-5-;;;. The Morgan fingerprint density at radius 2 is 1.82 bits per heavy atom. The molecule has 1 heterocycles. The van der Waals surface area contributed by atoms with Gasteiger partial charge in [0.25, 0.3) is 0 Å². The Kier molecular flexibility index (Phi) is 24.4. The molecule has 0 aliphatic rings. The van der Waals surface area contributed by atoms with Crippen LogP contribution in [0.2, 0.25) is 0 Å². The van der Waals surface area contributed by atoms with E-state index in [4.69, 9.17) is 0 Å². The Morgan fingerprint density at radius 3 is 1.94 bits per heavy atom. The lowest BCUT2D eigenvalue weighted by atomic mass is 10.3. The quantitative estimate of drug-likeness (QED) is 0.535. The molecule has 17 heavy (non-hydrogen) atoms. The van der Waals surface area contributed by atoms with Gasteiger partial charge in [-0.25, -0.2) is 0 Å². The van der Waals surface area contributed by atoms with Crippen LogP contribution in [-0.4, -0.2) is 10.2 Å². The summed E-state index contributed by atoms with van der Waals surface area (Å²) in [5.74, 6) is 0. The van der Waals surface area contributed by atoms with Crippen molar-refractivity contribution in [2.75, 3.05) is 0 Å². The second-order valence-corrected chi connectivity index (χ2v) is 2.81. The molecule has 0 saturated heterocycles. The molecule has 0 aliphatic heterocycles. The zero-order chi connectivity index (χ0) is 14.1. The molecular weight excluding hydrogens is 208 g/mol. The van der Waals surface area contributed by atoms with Gasteiger partial charge in [-0.15, -0.1) is 13.2 Å². The van der Waals surface area contributed by atoms with Crippen LogP contribution in [0.3, 0.4) is 0 Å². The zero-order valence-corrected chi connectivity index (χ0v) is 12.2. The molecule has 0 aromatic carbocycles. The van der Waals surface area contributed by atoms with Crippen molar-refractivity contribution < 1.29 is 0 Å². The van der Waals surface area contributed by atoms with Crippen molar-refractivity contribution >= 4 is 0 Å². The summed E-state index contributed by atoms with van der Waals surface area (Å²) >= 11 is 0. The summed E-state index contributed by atoms with van der Waals surface area (Å²) in [7, 11) is 0. The molecule has 0 bridgehead atoms. The highest BCUT2D eigenvalue weighted by Crippen LogP contribution is 1.91. The van der Waals surface area contributed by atoms with Crippen LogP contribution >= 0.6 is 0 Å². The van der Waals surface area contributed by atoms with Gasteiger partial charge in [0, 0.05) is 6.20 Å². The minimum Gasteiger partial charge on any atom is -0.285 e. The van der Waals surface area contributed by atoms with Gasteiger partial charge in [-0.1, -0.05) is 37.6 Å². The van der Waals surface area contributed by atoms with Gasteiger partial charge in [-0.2, -0.15) is 5.10 Å². The van der Waals surface area contributed by atoms with E-state index >= 15 is 0 Å². The van der Waals surface area contributed by atoms with Crippen molar-refractivity contribution in [2.24, 2.45) is 0 Å². The number of H-pyrrole nitrogens is 1. The summed E-state index contributed by atoms with van der Waals surface area (Å²) in [4.78, 5) is 0. The van der Waals surface area contributed by atoms with Crippen molar-refractivity contribution in [3.05, 3.63) is 54.9 Å². The Balaban J connectivity index is -0.000000179. The summed E-state index contributed by atoms with van der Waals surface area (Å²) < 4.78 is 0. The molecule has 1 aromatic heterocycles. The van der Waals surface area contributed by atoms with Crippen LogP contribution in [0.1, 0.15) is 40.2 Å². The maximum Gasteiger partial charge on any atom is 0.0516 e. The van der Waals surface area contributed by atoms with Crippen molar-refractivity contribution in [3.8, 4) is 0 Å². The van der Waals surface area contributed by atoms with E-state index in [0.717, 1.165) is 0 Å². The van der Waals surface area contributed by atoms with Crippen molar-refractivity contribution in [2.45, 2.75) is 41.5 Å². The molecule has 0 atom stereocenters. The van der Waals surface area contributed by atoms with Crippen LogP contribution in [0.25, 0.3) is 0 Å². The summed E-state index contributed by atoms with van der Waals surface area (Å²) in [6, 6.07) is 0. The largest absolute Gasteiger partial charge is 0.285 e. The lowest BCUT2D eigenvalue weighted by molar-refractivity contribution is 1.09. The van der Waals surface area contributed by atoms with E-state index in [1.165, 1.54) is 11.1 Å². The third-order valence-corrected chi connectivity index (χ3v) is 1.52. The molecular formula is C15H28N2. The highest BCUT2D eigenvalue weighted by Gasteiger charge is 1.74. The van der Waals surface area contributed by atoms with Crippen LogP contribution in [0, 0.1) is 6.92 Å². The van der Waals surface area contributed by atoms with Crippen LogP contribution in [0.4, 0.5) is 0 Å². The molecule has 0 aliphatic carbocycles. The summed E-state index contributed by atoms with van der Waals surface area (Å²) in [6.45, 7) is 18.1. The molecule has 2 heteroatoms. The van der Waals surface area contributed by atoms with Gasteiger partial charge in [-0.05, 0) is 33.3 Å². The van der Waals surface area contributed by atoms with Gasteiger partial charge in [0.1, 0.15) is 0 Å². The van der Waals surface area contributed by atoms with E-state index in [2.05, 4.69) is 42.4 Å². The molecule has 0 saturated carbocycles. The van der Waals surface area contributed by atoms with E-state index in [1.807, 2.05) is 46.9 Å². The van der Waals surface area contributed by atoms with Gasteiger partial charge in [0.15, 0.2) is 0 Å². The van der Waals surface area contributed by atoms with Crippen molar-refractivity contribution in [3.63, 3.8) is 0 Å². The molecule has 0 radical (unpaired) electrons. The molecule has 0 spiro atoms. The predicted octanol–water partition coefficient (Wildman–Crippen LogP) is 5.08. The van der Waals surface area contributed by atoms with E-state index in [0.29, 0.717) is 0 Å². The third-order valence-electron chi connectivity index (χ3n) is 1.52. The molecule has 0 unspecified atom stereocenters. The fraction of sp³-hybridized carbons (Fsp3) is 0.400. The van der Waals surface area contributed by atoms with E-state index in [1.54, 1.807) is 6.20 Å². The second kappa shape index (κ2) is 19.9. The first-order chi connectivity index (χ1) is 8.20. The minimum atomic E-state index is 1.18. The number of nitrogens with one attached hydrogen (secondary N) is 1. The molecule has 2 nitrogen and oxygen atoms in total. The lowest BCUT2D eigenvalue weighted by Gasteiger charge is -1.81. The number of hydrogen-bond acceptors (Lipinski definition) is 1. The molecule has 1 aromatic rings. The lowest BCUT2D eigenvalue weighted by Crippen LogP contribution is -1.60. The van der Waals surface area contributed by atoms with Crippen LogP contribution < -0.4 is 0 Å². The average molecular weight is 236 g/mol. The molecule has 1 rings (SSSR count). The predicted molar refractivity (Wildman–Crippen MR) is 80.2 cm³/mol. The van der Waals surface area contributed by atoms with Gasteiger partial charge in [0.05, 0.1) is 6.20 Å². The van der Waals surface area contributed by atoms with E-state index in [-0.39, 0.29) is 0 Å². The van der Waals surface area contributed by atoms with Crippen molar-refractivity contribution in [1.82, 2.24) is 10.2 Å². The SMILES string of the molecule is C/C=C\C(C)=C/C.C=C.CC.Cc1cn[nH]c1. The number of aromatic nitrogens is 2. The highest BCUT2D eigenvalue weighted by molar-refractivity contribution is 5.13. The molecule has 98 valence electrons. The van der Waals surface area contributed by atoms with E-state index in [9.17, 15) is 0 Å². The Morgan fingerprint density at radius 1 is 1.29 bits per heavy atom. The monoisotopic (exact) mass is 236 g/mol. The Bertz CT molecular complexity index is 269. The van der Waals surface area contributed by atoms with Crippen LogP contribution in [-0.2, 0) is 0 Å². The summed E-state index contributed by atoms with van der Waals surface area (Å²) in [6.07, 6.45) is 9.83. The van der Waals surface area contributed by atoms with Crippen LogP contribution in [0.15, 0.2) is 49.4 Å².